The first-order valence-corrected chi connectivity index (χ1v) is 5.72. The van der Waals surface area contributed by atoms with Crippen molar-refractivity contribution in [3.63, 3.8) is 0 Å². The molecule has 0 heterocycles. The molecule has 1 aromatic rings. The molecular weight excluding hydrogens is 218 g/mol. The molecule has 4 nitrogen and oxygen atoms in total. The van der Waals surface area contributed by atoms with Crippen molar-refractivity contribution in [3.8, 4) is 0 Å². The van der Waals surface area contributed by atoms with Crippen LogP contribution in [-0.4, -0.2) is 24.3 Å². The molecule has 0 aliphatic heterocycles. The van der Waals surface area contributed by atoms with Gasteiger partial charge in [0.25, 0.3) is 0 Å². The quantitative estimate of drug-likeness (QED) is 0.763. The topological polar surface area (TPSA) is 72.5 Å². The predicted octanol–water partition coefficient (Wildman–Crippen LogP) is 1.63. The molecule has 0 bridgehead atoms. The van der Waals surface area contributed by atoms with Crippen molar-refractivity contribution in [1.29, 1.82) is 0 Å². The minimum Gasteiger partial charge on any atom is -0.465 e. The van der Waals surface area contributed by atoms with Crippen molar-refractivity contribution in [2.45, 2.75) is 31.9 Å². The highest BCUT2D eigenvalue weighted by Gasteiger charge is 2.16. The predicted molar refractivity (Wildman–Crippen MR) is 65.6 cm³/mol. The van der Waals surface area contributed by atoms with Crippen molar-refractivity contribution >= 4 is 5.97 Å². The number of methoxy groups -OCH3 is 1. The number of benzene rings is 1. The Labute approximate surface area is 101 Å². The fourth-order valence-electron chi connectivity index (χ4n) is 1.66. The van der Waals surface area contributed by atoms with Crippen LogP contribution in [0.4, 0.5) is 0 Å². The summed E-state index contributed by atoms with van der Waals surface area (Å²) in [6.45, 7) is 2.00. The van der Waals surface area contributed by atoms with Crippen LogP contribution in [0.5, 0.6) is 0 Å². The molecule has 2 atom stereocenters. The van der Waals surface area contributed by atoms with E-state index in [1.165, 1.54) is 7.11 Å². The van der Waals surface area contributed by atoms with Gasteiger partial charge in [-0.25, -0.2) is 4.79 Å². The summed E-state index contributed by atoms with van der Waals surface area (Å²) in [5.41, 5.74) is 7.22. The smallest absolute Gasteiger partial charge is 0.337 e. The summed E-state index contributed by atoms with van der Waals surface area (Å²) >= 11 is 0. The van der Waals surface area contributed by atoms with Gasteiger partial charge < -0.3 is 15.6 Å². The van der Waals surface area contributed by atoms with Crippen molar-refractivity contribution in [2.75, 3.05) is 7.11 Å². The molecule has 3 N–H and O–H groups in total. The Morgan fingerprint density at radius 3 is 2.47 bits per heavy atom. The normalized spacial score (nSPS) is 14.1. The maximum absolute atomic E-state index is 11.2. The lowest BCUT2D eigenvalue weighted by Crippen LogP contribution is -2.25. The van der Waals surface area contributed by atoms with Gasteiger partial charge in [0.2, 0.25) is 0 Å². The molecule has 0 amide bonds. The summed E-state index contributed by atoms with van der Waals surface area (Å²) in [7, 11) is 1.34. The summed E-state index contributed by atoms with van der Waals surface area (Å²) in [4.78, 5) is 11.2. The van der Waals surface area contributed by atoms with Crippen LogP contribution < -0.4 is 5.73 Å². The molecule has 0 saturated heterocycles. The first-order chi connectivity index (χ1) is 8.10. The number of nitrogens with two attached hydrogens (primary N) is 1. The van der Waals surface area contributed by atoms with E-state index in [1.54, 1.807) is 24.3 Å². The number of hydrogen-bond acceptors (Lipinski definition) is 4. The molecule has 0 spiro atoms. The summed E-state index contributed by atoms with van der Waals surface area (Å²) in [5, 5.41) is 9.78. The highest BCUT2D eigenvalue weighted by molar-refractivity contribution is 5.89. The van der Waals surface area contributed by atoms with Crippen LogP contribution in [0, 0.1) is 0 Å². The number of aliphatic hydroxyl groups excluding tert-OH is 1. The van der Waals surface area contributed by atoms with Crippen LogP contribution in [0.15, 0.2) is 24.3 Å². The van der Waals surface area contributed by atoms with Gasteiger partial charge in [-0.05, 0) is 24.1 Å². The second-order valence-electron chi connectivity index (χ2n) is 4.00. The van der Waals surface area contributed by atoms with Gasteiger partial charge >= 0.3 is 5.97 Å². The van der Waals surface area contributed by atoms with Crippen molar-refractivity contribution in [3.05, 3.63) is 35.4 Å². The van der Waals surface area contributed by atoms with E-state index in [-0.39, 0.29) is 5.97 Å². The van der Waals surface area contributed by atoms with E-state index in [4.69, 9.17) is 5.73 Å². The fourth-order valence-corrected chi connectivity index (χ4v) is 1.66. The van der Waals surface area contributed by atoms with Gasteiger partial charge in [0.15, 0.2) is 0 Å². The third-order valence-corrected chi connectivity index (χ3v) is 2.72. The Morgan fingerprint density at radius 1 is 1.41 bits per heavy atom. The molecule has 0 aliphatic carbocycles. The van der Waals surface area contributed by atoms with E-state index < -0.39 is 12.1 Å². The van der Waals surface area contributed by atoms with Crippen LogP contribution in [-0.2, 0) is 4.74 Å². The molecule has 17 heavy (non-hydrogen) atoms. The van der Waals surface area contributed by atoms with E-state index >= 15 is 0 Å². The van der Waals surface area contributed by atoms with Gasteiger partial charge in [-0.1, -0.05) is 25.5 Å². The summed E-state index contributed by atoms with van der Waals surface area (Å²) < 4.78 is 4.60. The Bertz CT molecular complexity index is 361. The summed E-state index contributed by atoms with van der Waals surface area (Å²) in [5.74, 6) is -0.376. The molecule has 0 fully saturated rings. The van der Waals surface area contributed by atoms with Crippen molar-refractivity contribution in [1.82, 2.24) is 0 Å². The van der Waals surface area contributed by atoms with Gasteiger partial charge in [-0.15, -0.1) is 0 Å². The van der Waals surface area contributed by atoms with Crippen molar-refractivity contribution < 1.29 is 14.6 Å². The van der Waals surface area contributed by atoms with Crippen LogP contribution >= 0.6 is 0 Å². The first-order valence-electron chi connectivity index (χ1n) is 5.72. The standard InChI is InChI=1S/C13H19NO3/c1-3-4-11(15)12(14)9-5-7-10(8-6-9)13(16)17-2/h5-8,11-12,15H,3-4,14H2,1-2H3/t11-,12+/m0/s1. The highest BCUT2D eigenvalue weighted by atomic mass is 16.5. The largest absolute Gasteiger partial charge is 0.465 e. The van der Waals surface area contributed by atoms with Gasteiger partial charge in [0.05, 0.1) is 24.8 Å². The minimum atomic E-state index is -0.552. The number of esters is 1. The lowest BCUT2D eigenvalue weighted by atomic mass is 9.98. The average molecular weight is 237 g/mol. The number of rotatable bonds is 5. The van der Waals surface area contributed by atoms with E-state index in [1.807, 2.05) is 6.92 Å². The van der Waals surface area contributed by atoms with E-state index in [0.717, 1.165) is 12.0 Å². The zero-order valence-corrected chi connectivity index (χ0v) is 10.2. The Kier molecular flexibility index (Phi) is 5.12. The van der Waals surface area contributed by atoms with Gasteiger partial charge in [0.1, 0.15) is 0 Å². The second kappa shape index (κ2) is 6.37. The second-order valence-corrected chi connectivity index (χ2v) is 4.00. The van der Waals surface area contributed by atoms with Crippen LogP contribution in [0.3, 0.4) is 0 Å². The maximum Gasteiger partial charge on any atom is 0.337 e. The Morgan fingerprint density at radius 2 is 2.00 bits per heavy atom. The van der Waals surface area contributed by atoms with E-state index in [9.17, 15) is 9.90 Å². The number of ether oxygens (including phenoxy) is 1. The first kappa shape index (κ1) is 13.7. The lowest BCUT2D eigenvalue weighted by Gasteiger charge is -2.18. The molecule has 0 radical (unpaired) electrons. The molecule has 0 aliphatic rings. The molecule has 1 rings (SSSR count). The third-order valence-electron chi connectivity index (χ3n) is 2.72. The van der Waals surface area contributed by atoms with Crippen LogP contribution in [0.1, 0.15) is 41.7 Å². The van der Waals surface area contributed by atoms with Gasteiger partial charge in [-0.3, -0.25) is 0 Å². The van der Waals surface area contributed by atoms with E-state index in [2.05, 4.69) is 4.74 Å². The minimum absolute atomic E-state index is 0.376. The molecule has 1 aromatic carbocycles. The number of aliphatic hydroxyl groups is 1. The SMILES string of the molecule is CCC[C@H](O)[C@H](N)c1ccc(C(=O)OC)cc1. The Hall–Kier alpha value is -1.39. The van der Waals surface area contributed by atoms with Crippen LogP contribution in [0.25, 0.3) is 0 Å². The fraction of sp³-hybridized carbons (Fsp3) is 0.462. The lowest BCUT2D eigenvalue weighted by molar-refractivity contribution is 0.0600. The molecular formula is C13H19NO3. The number of carbonyl (C=O) groups is 1. The summed E-state index contributed by atoms with van der Waals surface area (Å²) in [6, 6.07) is 6.38. The van der Waals surface area contributed by atoms with Crippen molar-refractivity contribution in [2.24, 2.45) is 5.73 Å². The average Bonchev–Trinajstić information content (AvgIpc) is 2.37. The number of carbonyl (C=O) groups excluding carboxylic acids is 1. The third kappa shape index (κ3) is 3.54. The van der Waals surface area contributed by atoms with Gasteiger partial charge in [0, 0.05) is 0 Å². The van der Waals surface area contributed by atoms with Crippen LogP contribution in [0.2, 0.25) is 0 Å². The monoisotopic (exact) mass is 237 g/mol. The Balaban J connectivity index is 2.76. The molecule has 94 valence electrons. The molecule has 0 saturated carbocycles. The zero-order valence-electron chi connectivity index (χ0n) is 10.2. The molecule has 0 unspecified atom stereocenters. The van der Waals surface area contributed by atoms with E-state index in [0.29, 0.717) is 12.0 Å². The maximum atomic E-state index is 11.2. The molecule has 0 aromatic heterocycles. The highest BCUT2D eigenvalue weighted by Crippen LogP contribution is 2.18. The zero-order chi connectivity index (χ0) is 12.8. The van der Waals surface area contributed by atoms with Gasteiger partial charge in [-0.2, -0.15) is 0 Å². The number of hydrogen-bond donors (Lipinski definition) is 2. The summed E-state index contributed by atoms with van der Waals surface area (Å²) in [6.07, 6.45) is 0.999. The molecule has 4 heteroatoms.